The Bertz CT molecular complexity index is 429. The van der Waals surface area contributed by atoms with Gasteiger partial charge in [0.25, 0.3) is 0 Å². The third kappa shape index (κ3) is 2.19. The summed E-state index contributed by atoms with van der Waals surface area (Å²) in [5.41, 5.74) is 8.99. The Labute approximate surface area is 104 Å². The summed E-state index contributed by atoms with van der Waals surface area (Å²) in [5.74, 6) is 1.01. The molecule has 0 spiro atoms. The van der Waals surface area contributed by atoms with Crippen molar-refractivity contribution in [1.82, 2.24) is 0 Å². The number of nitrogens with two attached hydrogens (primary N) is 1. The van der Waals surface area contributed by atoms with Crippen LogP contribution in [0.25, 0.3) is 0 Å². The molecule has 0 aliphatic carbocycles. The van der Waals surface area contributed by atoms with Crippen molar-refractivity contribution in [2.24, 2.45) is 11.1 Å². The van der Waals surface area contributed by atoms with Crippen LogP contribution in [0.1, 0.15) is 51.8 Å². The highest BCUT2D eigenvalue weighted by atomic mass is 16.5. The van der Waals surface area contributed by atoms with Gasteiger partial charge < -0.3 is 10.5 Å². The molecular formula is C15H23NO. The minimum atomic E-state index is 0.0594. The fourth-order valence-electron chi connectivity index (χ4n) is 2.23. The lowest BCUT2D eigenvalue weighted by atomic mass is 9.80. The lowest BCUT2D eigenvalue weighted by Crippen LogP contribution is -2.26. The van der Waals surface area contributed by atoms with E-state index in [1.165, 1.54) is 11.1 Å². The second-order valence-corrected chi connectivity index (χ2v) is 6.77. The van der Waals surface area contributed by atoms with Gasteiger partial charge >= 0.3 is 0 Å². The van der Waals surface area contributed by atoms with Gasteiger partial charge in [-0.15, -0.1) is 0 Å². The summed E-state index contributed by atoms with van der Waals surface area (Å²) in [6.07, 6.45) is 0. The Morgan fingerprint density at radius 1 is 1.29 bits per heavy atom. The van der Waals surface area contributed by atoms with Crippen molar-refractivity contribution in [3.05, 3.63) is 29.3 Å². The molecule has 0 fully saturated rings. The summed E-state index contributed by atoms with van der Waals surface area (Å²) in [4.78, 5) is 0. The molecule has 2 nitrogen and oxygen atoms in total. The molecule has 0 aromatic heterocycles. The van der Waals surface area contributed by atoms with Crippen molar-refractivity contribution in [1.29, 1.82) is 0 Å². The fourth-order valence-corrected chi connectivity index (χ4v) is 2.23. The smallest absolute Gasteiger partial charge is 0.123 e. The quantitative estimate of drug-likeness (QED) is 0.807. The minimum absolute atomic E-state index is 0.0594. The van der Waals surface area contributed by atoms with E-state index in [1.54, 1.807) is 0 Å². The summed E-state index contributed by atoms with van der Waals surface area (Å²) in [5, 5.41) is 0. The second kappa shape index (κ2) is 3.74. The minimum Gasteiger partial charge on any atom is -0.492 e. The van der Waals surface area contributed by atoms with Gasteiger partial charge in [-0.3, -0.25) is 0 Å². The normalized spacial score (nSPS) is 19.6. The third-order valence-corrected chi connectivity index (χ3v) is 3.61. The lowest BCUT2D eigenvalue weighted by molar-refractivity contribution is 0.291. The first-order chi connectivity index (χ1) is 7.72. The van der Waals surface area contributed by atoms with E-state index in [4.69, 9.17) is 10.5 Å². The Balaban J connectivity index is 2.41. The second-order valence-electron chi connectivity index (χ2n) is 6.77. The molecule has 2 N–H and O–H groups in total. The van der Waals surface area contributed by atoms with Crippen molar-refractivity contribution in [2.75, 3.05) is 6.61 Å². The predicted octanol–water partition coefficient (Wildman–Crippen LogP) is 3.40. The van der Waals surface area contributed by atoms with E-state index in [9.17, 15) is 0 Å². The van der Waals surface area contributed by atoms with Crippen molar-refractivity contribution < 1.29 is 4.74 Å². The molecule has 1 aliphatic heterocycles. The molecule has 0 bridgehead atoms. The average molecular weight is 233 g/mol. The molecule has 2 rings (SSSR count). The molecule has 94 valence electrons. The van der Waals surface area contributed by atoms with Crippen LogP contribution >= 0.6 is 0 Å². The average Bonchev–Trinajstić information content (AvgIpc) is 2.52. The maximum absolute atomic E-state index is 6.31. The van der Waals surface area contributed by atoms with E-state index in [2.05, 4.69) is 52.8 Å². The summed E-state index contributed by atoms with van der Waals surface area (Å²) in [6, 6.07) is 6.43. The first-order valence-corrected chi connectivity index (χ1v) is 6.25. The zero-order valence-corrected chi connectivity index (χ0v) is 11.5. The van der Waals surface area contributed by atoms with E-state index in [0.29, 0.717) is 0 Å². The van der Waals surface area contributed by atoms with Crippen molar-refractivity contribution in [2.45, 2.75) is 46.1 Å². The van der Waals surface area contributed by atoms with E-state index < -0.39 is 0 Å². The molecule has 0 amide bonds. The molecule has 1 aromatic carbocycles. The Morgan fingerprint density at radius 3 is 2.53 bits per heavy atom. The third-order valence-electron chi connectivity index (χ3n) is 3.61. The summed E-state index contributed by atoms with van der Waals surface area (Å²) in [7, 11) is 0. The Kier molecular flexibility index (Phi) is 2.74. The van der Waals surface area contributed by atoms with E-state index >= 15 is 0 Å². The highest BCUT2D eigenvalue weighted by Crippen LogP contribution is 2.41. The summed E-state index contributed by atoms with van der Waals surface area (Å²) < 4.78 is 5.69. The Hall–Kier alpha value is -1.02. The number of rotatable bonds is 1. The van der Waals surface area contributed by atoms with Gasteiger partial charge in [-0.1, -0.05) is 40.7 Å². The van der Waals surface area contributed by atoms with Gasteiger partial charge in [0, 0.05) is 17.0 Å². The molecule has 0 saturated heterocycles. The van der Waals surface area contributed by atoms with Crippen LogP contribution < -0.4 is 10.5 Å². The molecule has 17 heavy (non-hydrogen) atoms. The number of ether oxygens (including phenoxy) is 1. The molecule has 0 radical (unpaired) electrons. The first kappa shape index (κ1) is 12.4. The summed E-state index contributed by atoms with van der Waals surface area (Å²) in [6.45, 7) is 11.7. The molecule has 1 aromatic rings. The Morgan fingerprint density at radius 2 is 1.94 bits per heavy atom. The van der Waals surface area contributed by atoms with Crippen LogP contribution in [0.4, 0.5) is 0 Å². The maximum Gasteiger partial charge on any atom is 0.123 e. The van der Waals surface area contributed by atoms with Gasteiger partial charge in [-0.05, 0) is 23.1 Å². The number of fused-ring (bicyclic) bond motifs is 1. The zero-order chi connectivity index (χ0) is 12.8. The van der Waals surface area contributed by atoms with Crippen molar-refractivity contribution in [3.63, 3.8) is 0 Å². The number of benzene rings is 1. The van der Waals surface area contributed by atoms with Gasteiger partial charge in [0.2, 0.25) is 0 Å². The van der Waals surface area contributed by atoms with Crippen LogP contribution in [0, 0.1) is 5.41 Å². The van der Waals surface area contributed by atoms with E-state index in [1.807, 2.05) is 0 Å². The van der Waals surface area contributed by atoms with Gasteiger partial charge in [0.05, 0.1) is 6.61 Å². The largest absolute Gasteiger partial charge is 0.492 e. The van der Waals surface area contributed by atoms with Crippen molar-refractivity contribution in [3.8, 4) is 5.75 Å². The molecule has 0 saturated carbocycles. The highest BCUT2D eigenvalue weighted by molar-refractivity contribution is 5.46. The topological polar surface area (TPSA) is 35.2 Å². The van der Waals surface area contributed by atoms with E-state index in [0.717, 1.165) is 12.4 Å². The SMILES string of the molecule is CC1(C)COc2ccc(C(N)C(C)(C)C)cc21. The number of hydrogen-bond acceptors (Lipinski definition) is 2. The molecule has 1 aliphatic rings. The monoisotopic (exact) mass is 233 g/mol. The predicted molar refractivity (Wildman–Crippen MR) is 71.3 cm³/mol. The number of hydrogen-bond donors (Lipinski definition) is 1. The van der Waals surface area contributed by atoms with Crippen molar-refractivity contribution >= 4 is 0 Å². The summed E-state index contributed by atoms with van der Waals surface area (Å²) >= 11 is 0. The van der Waals surface area contributed by atoms with Gasteiger partial charge in [-0.25, -0.2) is 0 Å². The van der Waals surface area contributed by atoms with Crippen LogP contribution in [-0.4, -0.2) is 6.61 Å². The van der Waals surface area contributed by atoms with Gasteiger partial charge in [-0.2, -0.15) is 0 Å². The molecule has 1 heterocycles. The van der Waals surface area contributed by atoms with Gasteiger partial charge in [0.1, 0.15) is 5.75 Å². The van der Waals surface area contributed by atoms with Crippen LogP contribution in [0.15, 0.2) is 18.2 Å². The molecule has 1 unspecified atom stereocenters. The maximum atomic E-state index is 6.31. The van der Waals surface area contributed by atoms with Crippen LogP contribution in [-0.2, 0) is 5.41 Å². The standard InChI is InChI=1S/C15H23NO/c1-14(2,3)13(16)10-6-7-12-11(8-10)15(4,5)9-17-12/h6-8,13H,9,16H2,1-5H3. The lowest BCUT2D eigenvalue weighted by Gasteiger charge is -2.28. The molecule has 1 atom stereocenters. The van der Waals surface area contributed by atoms with E-state index in [-0.39, 0.29) is 16.9 Å². The fraction of sp³-hybridized carbons (Fsp3) is 0.600. The highest BCUT2D eigenvalue weighted by Gasteiger charge is 2.33. The van der Waals surface area contributed by atoms with Crippen LogP contribution in [0.2, 0.25) is 0 Å². The van der Waals surface area contributed by atoms with Crippen LogP contribution in [0.5, 0.6) is 5.75 Å². The van der Waals surface area contributed by atoms with Crippen LogP contribution in [0.3, 0.4) is 0 Å². The first-order valence-electron chi connectivity index (χ1n) is 6.25. The van der Waals surface area contributed by atoms with Gasteiger partial charge in [0.15, 0.2) is 0 Å². The molecular weight excluding hydrogens is 210 g/mol. The zero-order valence-electron chi connectivity index (χ0n) is 11.5. The molecule has 2 heteroatoms.